The summed E-state index contributed by atoms with van der Waals surface area (Å²) in [6, 6.07) is 9.96. The summed E-state index contributed by atoms with van der Waals surface area (Å²) in [5, 5.41) is 2.73. The zero-order chi connectivity index (χ0) is 11.3. The van der Waals surface area contributed by atoms with Gasteiger partial charge in [-0.3, -0.25) is 4.79 Å². The Hall–Kier alpha value is -1.31. The lowest BCUT2D eigenvalue weighted by Crippen LogP contribution is -2.26. The first-order valence-corrected chi connectivity index (χ1v) is 5.41. The van der Waals surface area contributed by atoms with Gasteiger partial charge < -0.3 is 5.32 Å². The fourth-order valence-electron chi connectivity index (χ4n) is 1.73. The van der Waals surface area contributed by atoms with E-state index in [2.05, 4.69) is 19.2 Å². The van der Waals surface area contributed by atoms with Crippen molar-refractivity contribution in [2.45, 2.75) is 26.2 Å². The van der Waals surface area contributed by atoms with Crippen LogP contribution >= 0.6 is 0 Å². The van der Waals surface area contributed by atoms with E-state index >= 15 is 0 Å². The largest absolute Gasteiger partial charge is 0.359 e. The molecule has 82 valence electrons. The maximum Gasteiger partial charge on any atom is 0.227 e. The Balaban J connectivity index is 2.86. The monoisotopic (exact) mass is 205 g/mol. The summed E-state index contributed by atoms with van der Waals surface area (Å²) < 4.78 is 0. The van der Waals surface area contributed by atoms with Crippen LogP contribution in [0.25, 0.3) is 0 Å². The van der Waals surface area contributed by atoms with E-state index in [1.54, 1.807) is 7.05 Å². The lowest BCUT2D eigenvalue weighted by atomic mass is 9.90. The van der Waals surface area contributed by atoms with Crippen LogP contribution < -0.4 is 5.32 Å². The quantitative estimate of drug-likeness (QED) is 0.804. The van der Waals surface area contributed by atoms with Crippen molar-refractivity contribution in [2.24, 2.45) is 5.92 Å². The van der Waals surface area contributed by atoms with Gasteiger partial charge in [0.15, 0.2) is 0 Å². The molecule has 1 aromatic rings. The van der Waals surface area contributed by atoms with E-state index < -0.39 is 0 Å². The minimum absolute atomic E-state index is 0.0174. The van der Waals surface area contributed by atoms with Gasteiger partial charge in [0.25, 0.3) is 0 Å². The molecule has 1 aromatic carbocycles. The highest BCUT2D eigenvalue weighted by molar-refractivity contribution is 5.83. The smallest absolute Gasteiger partial charge is 0.227 e. The second-order valence-corrected chi connectivity index (χ2v) is 4.21. The number of carbonyl (C=O) groups excluding carboxylic acids is 1. The van der Waals surface area contributed by atoms with Gasteiger partial charge in [-0.05, 0) is 17.9 Å². The minimum Gasteiger partial charge on any atom is -0.359 e. The number of hydrogen-bond acceptors (Lipinski definition) is 1. The number of amides is 1. The maximum absolute atomic E-state index is 11.7. The minimum atomic E-state index is -0.0174. The predicted octanol–water partition coefficient (Wildman–Crippen LogP) is 2.56. The van der Waals surface area contributed by atoms with Crippen molar-refractivity contribution in [3.05, 3.63) is 35.9 Å². The molecule has 15 heavy (non-hydrogen) atoms. The lowest BCUT2D eigenvalue weighted by molar-refractivity contribution is -0.122. The number of hydrogen-bond donors (Lipinski definition) is 1. The van der Waals surface area contributed by atoms with E-state index in [4.69, 9.17) is 0 Å². The SMILES string of the molecule is CNC(=O)C(CC(C)C)c1ccccc1. The molecule has 2 nitrogen and oxygen atoms in total. The van der Waals surface area contributed by atoms with Crippen LogP contribution in [0.3, 0.4) is 0 Å². The van der Waals surface area contributed by atoms with Crippen LogP contribution in [0.15, 0.2) is 30.3 Å². The third-order valence-electron chi connectivity index (χ3n) is 2.47. The molecule has 0 aliphatic heterocycles. The van der Waals surface area contributed by atoms with Crippen LogP contribution in [-0.2, 0) is 4.79 Å². The maximum atomic E-state index is 11.7. The molecule has 0 radical (unpaired) electrons. The van der Waals surface area contributed by atoms with Gasteiger partial charge in [0.05, 0.1) is 5.92 Å². The van der Waals surface area contributed by atoms with Crippen LogP contribution in [0.1, 0.15) is 31.7 Å². The van der Waals surface area contributed by atoms with Gasteiger partial charge in [0.1, 0.15) is 0 Å². The first kappa shape index (κ1) is 11.8. The van der Waals surface area contributed by atoms with Crippen molar-refractivity contribution >= 4 is 5.91 Å². The molecule has 1 rings (SSSR count). The second kappa shape index (κ2) is 5.54. The summed E-state index contributed by atoms with van der Waals surface area (Å²) in [4.78, 5) is 11.7. The number of nitrogens with one attached hydrogen (secondary N) is 1. The molecule has 1 unspecified atom stereocenters. The Morgan fingerprint density at radius 1 is 1.27 bits per heavy atom. The third kappa shape index (κ3) is 3.39. The highest BCUT2D eigenvalue weighted by atomic mass is 16.1. The molecule has 0 aromatic heterocycles. The molecule has 0 saturated heterocycles. The Labute approximate surface area is 91.7 Å². The summed E-state index contributed by atoms with van der Waals surface area (Å²) in [5.74, 6) is 0.610. The molecule has 1 N–H and O–H groups in total. The van der Waals surface area contributed by atoms with Crippen molar-refractivity contribution in [3.8, 4) is 0 Å². The topological polar surface area (TPSA) is 29.1 Å². The molecule has 0 aliphatic carbocycles. The Bertz CT molecular complexity index is 306. The van der Waals surface area contributed by atoms with E-state index in [1.807, 2.05) is 30.3 Å². The number of carbonyl (C=O) groups is 1. The van der Waals surface area contributed by atoms with Crippen LogP contribution in [0.4, 0.5) is 0 Å². The first-order chi connectivity index (χ1) is 7.15. The Morgan fingerprint density at radius 2 is 1.87 bits per heavy atom. The van der Waals surface area contributed by atoms with Crippen molar-refractivity contribution in [3.63, 3.8) is 0 Å². The van der Waals surface area contributed by atoms with Gasteiger partial charge in [0.2, 0.25) is 5.91 Å². The van der Waals surface area contributed by atoms with Crippen LogP contribution in [0.2, 0.25) is 0 Å². The van der Waals surface area contributed by atoms with Gasteiger partial charge in [-0.25, -0.2) is 0 Å². The molecule has 1 atom stereocenters. The second-order valence-electron chi connectivity index (χ2n) is 4.21. The molecule has 0 aliphatic rings. The molecule has 0 saturated carbocycles. The highest BCUT2D eigenvalue weighted by Gasteiger charge is 2.19. The van der Waals surface area contributed by atoms with Crippen LogP contribution in [0, 0.1) is 5.92 Å². The average Bonchev–Trinajstić information content (AvgIpc) is 2.26. The summed E-state index contributed by atoms with van der Waals surface area (Å²) in [5.41, 5.74) is 1.10. The molecule has 0 heterocycles. The van der Waals surface area contributed by atoms with Crippen LogP contribution in [0.5, 0.6) is 0 Å². The van der Waals surface area contributed by atoms with E-state index in [1.165, 1.54) is 0 Å². The molecule has 1 amide bonds. The van der Waals surface area contributed by atoms with Gasteiger partial charge in [-0.2, -0.15) is 0 Å². The zero-order valence-corrected chi connectivity index (χ0v) is 9.66. The third-order valence-corrected chi connectivity index (χ3v) is 2.47. The van der Waals surface area contributed by atoms with E-state index in [0.29, 0.717) is 5.92 Å². The molecule has 0 bridgehead atoms. The molecule has 0 spiro atoms. The summed E-state index contributed by atoms with van der Waals surface area (Å²) in [6.07, 6.45) is 0.893. The van der Waals surface area contributed by atoms with Crippen LogP contribution in [-0.4, -0.2) is 13.0 Å². The molecular formula is C13H19NO. The van der Waals surface area contributed by atoms with Gasteiger partial charge in [-0.1, -0.05) is 44.2 Å². The average molecular weight is 205 g/mol. The fraction of sp³-hybridized carbons (Fsp3) is 0.462. The summed E-state index contributed by atoms with van der Waals surface area (Å²) in [6.45, 7) is 4.28. The fourth-order valence-corrected chi connectivity index (χ4v) is 1.73. The van der Waals surface area contributed by atoms with Gasteiger partial charge >= 0.3 is 0 Å². The van der Waals surface area contributed by atoms with Crippen molar-refractivity contribution in [1.29, 1.82) is 0 Å². The number of benzene rings is 1. The van der Waals surface area contributed by atoms with Gasteiger partial charge in [0, 0.05) is 7.05 Å². The molecule has 0 fully saturated rings. The summed E-state index contributed by atoms with van der Waals surface area (Å²) in [7, 11) is 1.69. The van der Waals surface area contributed by atoms with Crippen molar-refractivity contribution in [1.82, 2.24) is 5.32 Å². The summed E-state index contributed by atoms with van der Waals surface area (Å²) >= 11 is 0. The Kier molecular flexibility index (Phi) is 4.35. The lowest BCUT2D eigenvalue weighted by Gasteiger charge is -2.17. The number of rotatable bonds is 4. The van der Waals surface area contributed by atoms with E-state index in [0.717, 1.165) is 12.0 Å². The zero-order valence-electron chi connectivity index (χ0n) is 9.66. The first-order valence-electron chi connectivity index (χ1n) is 5.41. The number of likely N-dealkylation sites (N-methyl/N-ethyl adjacent to an activating group) is 1. The van der Waals surface area contributed by atoms with Crippen molar-refractivity contribution < 1.29 is 4.79 Å². The normalized spacial score (nSPS) is 12.5. The predicted molar refractivity (Wildman–Crippen MR) is 62.7 cm³/mol. The van der Waals surface area contributed by atoms with Crippen molar-refractivity contribution in [2.75, 3.05) is 7.05 Å². The standard InChI is InChI=1S/C13H19NO/c1-10(2)9-12(13(15)14-3)11-7-5-4-6-8-11/h4-8,10,12H,9H2,1-3H3,(H,14,15). The molecular weight excluding hydrogens is 186 g/mol. The molecule has 2 heteroatoms. The van der Waals surface area contributed by atoms with Gasteiger partial charge in [-0.15, -0.1) is 0 Å². The highest BCUT2D eigenvalue weighted by Crippen LogP contribution is 2.23. The van der Waals surface area contributed by atoms with E-state index in [-0.39, 0.29) is 11.8 Å². The van der Waals surface area contributed by atoms with E-state index in [9.17, 15) is 4.79 Å². The Morgan fingerprint density at radius 3 is 2.33 bits per heavy atom.